The zero-order chi connectivity index (χ0) is 15.5. The Morgan fingerprint density at radius 3 is 2.55 bits per heavy atom. The molecule has 0 saturated heterocycles. The lowest BCUT2D eigenvalue weighted by Gasteiger charge is -2.17. The minimum absolute atomic E-state index is 0.0523. The van der Waals surface area contributed by atoms with Crippen molar-refractivity contribution in [3.05, 3.63) is 28.0 Å². The van der Waals surface area contributed by atoms with Gasteiger partial charge in [0.15, 0.2) is 0 Å². The monoisotopic (exact) mass is 385 g/mol. The van der Waals surface area contributed by atoms with Crippen LogP contribution in [-0.2, 0) is 9.05 Å². The summed E-state index contributed by atoms with van der Waals surface area (Å²) in [5, 5.41) is 0. The number of carbonyl (C=O) groups is 1. The van der Waals surface area contributed by atoms with Gasteiger partial charge in [-0.2, -0.15) is 0 Å². The van der Waals surface area contributed by atoms with Crippen LogP contribution in [0.15, 0.2) is 21.5 Å². The Kier molecular flexibility index (Phi) is 5.97. The Balaban J connectivity index is 3.21. The molecule has 0 fully saturated rings. The van der Waals surface area contributed by atoms with Crippen LogP contribution < -0.4 is 0 Å². The van der Waals surface area contributed by atoms with Gasteiger partial charge in [-0.15, -0.1) is 0 Å². The first kappa shape index (κ1) is 17.4. The highest BCUT2D eigenvalue weighted by Crippen LogP contribution is 2.29. The number of rotatable bonds is 5. The molecule has 0 saturated carbocycles. The molecule has 0 spiro atoms. The van der Waals surface area contributed by atoms with Gasteiger partial charge in [-0.05, 0) is 34.5 Å². The van der Waals surface area contributed by atoms with Crippen LogP contribution in [0, 0.1) is 5.82 Å². The van der Waals surface area contributed by atoms with Gasteiger partial charge in [-0.3, -0.25) is 4.79 Å². The van der Waals surface area contributed by atoms with Crippen molar-refractivity contribution in [2.24, 2.45) is 0 Å². The van der Waals surface area contributed by atoms with Gasteiger partial charge < -0.3 is 4.90 Å². The molecule has 0 heterocycles. The summed E-state index contributed by atoms with van der Waals surface area (Å²) in [6, 6.07) is 2.06. The van der Waals surface area contributed by atoms with Gasteiger partial charge in [0.1, 0.15) is 10.7 Å². The van der Waals surface area contributed by atoms with Crippen molar-refractivity contribution in [3.8, 4) is 0 Å². The van der Waals surface area contributed by atoms with Gasteiger partial charge in [-0.25, -0.2) is 12.8 Å². The molecule has 0 radical (unpaired) electrons. The summed E-state index contributed by atoms with van der Waals surface area (Å²) >= 11 is 2.81. The number of carbonyl (C=O) groups excluding carboxylic acids is 1. The molecule has 0 N–H and O–H groups in total. The SMILES string of the molecule is CCCCN(C)C(=O)c1cc(F)c(Br)c(S(=O)(=O)Cl)c1. The maximum absolute atomic E-state index is 13.7. The van der Waals surface area contributed by atoms with Crippen LogP contribution >= 0.6 is 26.6 Å². The number of hydrogen-bond acceptors (Lipinski definition) is 3. The number of benzene rings is 1. The van der Waals surface area contributed by atoms with Gasteiger partial charge in [0.05, 0.1) is 4.47 Å². The first-order valence-electron chi connectivity index (χ1n) is 5.87. The molecule has 1 aromatic carbocycles. The van der Waals surface area contributed by atoms with E-state index in [1.54, 1.807) is 7.05 Å². The minimum Gasteiger partial charge on any atom is -0.342 e. The van der Waals surface area contributed by atoms with Crippen molar-refractivity contribution in [2.75, 3.05) is 13.6 Å². The van der Waals surface area contributed by atoms with Crippen molar-refractivity contribution in [2.45, 2.75) is 24.7 Å². The van der Waals surface area contributed by atoms with Crippen LogP contribution in [0.1, 0.15) is 30.1 Å². The quantitative estimate of drug-likeness (QED) is 0.729. The summed E-state index contributed by atoms with van der Waals surface area (Å²) < 4.78 is 36.2. The predicted molar refractivity (Wildman–Crippen MR) is 79.0 cm³/mol. The van der Waals surface area contributed by atoms with E-state index >= 15 is 0 Å². The maximum Gasteiger partial charge on any atom is 0.262 e. The van der Waals surface area contributed by atoms with Crippen LogP contribution in [0.2, 0.25) is 0 Å². The Morgan fingerprint density at radius 1 is 1.45 bits per heavy atom. The van der Waals surface area contributed by atoms with Crippen LogP contribution in [0.4, 0.5) is 4.39 Å². The third-order valence-electron chi connectivity index (χ3n) is 2.70. The van der Waals surface area contributed by atoms with E-state index in [1.165, 1.54) is 4.90 Å². The first-order chi connectivity index (χ1) is 9.18. The zero-order valence-electron chi connectivity index (χ0n) is 11.0. The van der Waals surface area contributed by atoms with E-state index in [4.69, 9.17) is 10.7 Å². The maximum atomic E-state index is 13.7. The Hall–Kier alpha value is -0.660. The molecular weight excluding hydrogens is 373 g/mol. The summed E-state index contributed by atoms with van der Waals surface area (Å²) in [5.74, 6) is -1.30. The van der Waals surface area contributed by atoms with Gasteiger partial charge in [0.2, 0.25) is 0 Å². The van der Waals surface area contributed by atoms with E-state index in [1.807, 2.05) is 6.92 Å². The molecule has 1 amide bonds. The second-order valence-corrected chi connectivity index (χ2v) is 7.62. The average Bonchev–Trinajstić information content (AvgIpc) is 2.36. The molecule has 0 atom stereocenters. The van der Waals surface area contributed by atoms with E-state index in [-0.39, 0.29) is 10.0 Å². The van der Waals surface area contributed by atoms with Crippen LogP contribution in [0.25, 0.3) is 0 Å². The lowest BCUT2D eigenvalue weighted by molar-refractivity contribution is 0.0792. The number of unbranched alkanes of at least 4 members (excludes halogenated alkanes) is 1. The fourth-order valence-corrected chi connectivity index (χ4v) is 3.67. The standard InChI is InChI=1S/C12H14BrClFNO3S/c1-3-4-5-16(2)12(17)8-6-9(15)11(13)10(7-8)20(14,18)19/h6-7H,3-5H2,1-2H3. The van der Waals surface area contributed by atoms with Crippen LogP contribution in [0.3, 0.4) is 0 Å². The van der Waals surface area contributed by atoms with Gasteiger partial charge in [0, 0.05) is 29.8 Å². The van der Waals surface area contributed by atoms with Gasteiger partial charge in [0.25, 0.3) is 15.0 Å². The molecule has 4 nitrogen and oxygen atoms in total. The average molecular weight is 387 g/mol. The van der Waals surface area contributed by atoms with Crippen molar-refractivity contribution < 1.29 is 17.6 Å². The van der Waals surface area contributed by atoms with Crippen LogP contribution in [-0.4, -0.2) is 32.8 Å². The highest BCUT2D eigenvalue weighted by molar-refractivity contribution is 9.10. The number of amides is 1. The second kappa shape index (κ2) is 6.87. The number of halogens is 3. The molecule has 112 valence electrons. The Bertz CT molecular complexity index is 621. The highest BCUT2D eigenvalue weighted by Gasteiger charge is 2.22. The smallest absolute Gasteiger partial charge is 0.262 e. The number of hydrogen-bond donors (Lipinski definition) is 0. The summed E-state index contributed by atoms with van der Waals surface area (Å²) in [4.78, 5) is 13.1. The molecule has 0 unspecified atom stereocenters. The lowest BCUT2D eigenvalue weighted by atomic mass is 10.2. The lowest BCUT2D eigenvalue weighted by Crippen LogP contribution is -2.28. The Morgan fingerprint density at radius 2 is 2.05 bits per heavy atom. The molecule has 0 aliphatic rings. The fraction of sp³-hybridized carbons (Fsp3) is 0.417. The number of nitrogens with zero attached hydrogens (tertiary/aromatic N) is 1. The van der Waals surface area contributed by atoms with Crippen LogP contribution in [0.5, 0.6) is 0 Å². The predicted octanol–water partition coefficient (Wildman–Crippen LogP) is 3.39. The molecule has 8 heteroatoms. The largest absolute Gasteiger partial charge is 0.342 e. The van der Waals surface area contributed by atoms with Crippen molar-refractivity contribution in [1.29, 1.82) is 0 Å². The topological polar surface area (TPSA) is 54.5 Å². The molecule has 0 aliphatic carbocycles. The van der Waals surface area contributed by atoms with Crippen molar-refractivity contribution in [3.63, 3.8) is 0 Å². The summed E-state index contributed by atoms with van der Waals surface area (Å²) in [7, 11) is 2.66. The molecule has 0 aliphatic heterocycles. The van der Waals surface area contributed by atoms with Gasteiger partial charge in [-0.1, -0.05) is 13.3 Å². The normalized spacial score (nSPS) is 11.4. The molecular formula is C12H14BrClFNO3S. The Labute approximate surface area is 130 Å². The van der Waals surface area contributed by atoms with E-state index in [0.717, 1.165) is 25.0 Å². The fourth-order valence-electron chi connectivity index (χ4n) is 1.58. The molecule has 0 aromatic heterocycles. The van der Waals surface area contributed by atoms with E-state index in [0.29, 0.717) is 6.54 Å². The zero-order valence-corrected chi connectivity index (χ0v) is 14.1. The van der Waals surface area contributed by atoms with E-state index < -0.39 is 25.7 Å². The first-order valence-corrected chi connectivity index (χ1v) is 8.98. The molecule has 1 aromatic rings. The van der Waals surface area contributed by atoms with Crippen molar-refractivity contribution >= 4 is 41.6 Å². The van der Waals surface area contributed by atoms with E-state index in [2.05, 4.69) is 15.9 Å². The summed E-state index contributed by atoms with van der Waals surface area (Å²) in [6.07, 6.45) is 1.72. The molecule has 20 heavy (non-hydrogen) atoms. The minimum atomic E-state index is -4.14. The molecule has 1 rings (SSSR count). The second-order valence-electron chi connectivity index (χ2n) is 4.29. The van der Waals surface area contributed by atoms with Crippen molar-refractivity contribution in [1.82, 2.24) is 4.90 Å². The third-order valence-corrected chi connectivity index (χ3v) is 5.11. The summed E-state index contributed by atoms with van der Waals surface area (Å²) in [5.41, 5.74) is -0.0523. The van der Waals surface area contributed by atoms with Gasteiger partial charge >= 0.3 is 0 Å². The highest BCUT2D eigenvalue weighted by atomic mass is 79.9. The van der Waals surface area contributed by atoms with E-state index in [9.17, 15) is 17.6 Å². The summed E-state index contributed by atoms with van der Waals surface area (Å²) in [6.45, 7) is 2.49. The third kappa shape index (κ3) is 4.17. The molecule has 0 bridgehead atoms.